The molecule has 3 heteroatoms. The third-order valence-corrected chi connectivity index (χ3v) is 2.85. The van der Waals surface area contributed by atoms with Gasteiger partial charge < -0.3 is 9.84 Å². The third-order valence-electron chi connectivity index (χ3n) is 2.85. The first kappa shape index (κ1) is 10.5. The molecule has 0 amide bonds. The summed E-state index contributed by atoms with van der Waals surface area (Å²) in [6.45, 7) is 7.63. The van der Waals surface area contributed by atoms with Crippen molar-refractivity contribution in [1.82, 2.24) is 0 Å². The summed E-state index contributed by atoms with van der Waals surface area (Å²) >= 11 is 0. The number of aliphatic hydroxyl groups excluding tert-OH is 1. The highest BCUT2D eigenvalue weighted by atomic mass is 16.5. The largest absolute Gasteiger partial charge is 0.461 e. The number of carbonyl (C=O) groups excluding carboxylic acids is 1. The number of hydrogen-bond acceptors (Lipinski definition) is 3. The van der Waals surface area contributed by atoms with Crippen LogP contribution in [-0.4, -0.2) is 23.3 Å². The van der Waals surface area contributed by atoms with E-state index in [1.165, 1.54) is 0 Å². The van der Waals surface area contributed by atoms with Gasteiger partial charge in [0.1, 0.15) is 6.10 Å². The van der Waals surface area contributed by atoms with Crippen molar-refractivity contribution in [2.24, 2.45) is 17.8 Å². The van der Waals surface area contributed by atoms with Gasteiger partial charge in [0.2, 0.25) is 0 Å². The molecule has 0 aromatic rings. The van der Waals surface area contributed by atoms with Crippen LogP contribution in [0.1, 0.15) is 27.7 Å². The van der Waals surface area contributed by atoms with E-state index in [9.17, 15) is 9.90 Å². The van der Waals surface area contributed by atoms with Gasteiger partial charge in [-0.05, 0) is 12.8 Å². The Morgan fingerprint density at radius 2 is 1.92 bits per heavy atom. The first-order valence-electron chi connectivity index (χ1n) is 4.83. The lowest BCUT2D eigenvalue weighted by Gasteiger charge is -2.38. The fourth-order valence-corrected chi connectivity index (χ4v) is 1.88. The molecule has 1 aliphatic heterocycles. The van der Waals surface area contributed by atoms with Crippen molar-refractivity contribution in [2.75, 3.05) is 0 Å². The monoisotopic (exact) mass is 186 g/mol. The van der Waals surface area contributed by atoms with Crippen molar-refractivity contribution >= 4 is 5.97 Å². The van der Waals surface area contributed by atoms with E-state index in [0.29, 0.717) is 0 Å². The van der Waals surface area contributed by atoms with Gasteiger partial charge in [0.25, 0.3) is 0 Å². The molecule has 3 nitrogen and oxygen atoms in total. The molecular formula is C10H18O3. The van der Waals surface area contributed by atoms with Crippen LogP contribution in [0, 0.1) is 17.8 Å². The summed E-state index contributed by atoms with van der Waals surface area (Å²) in [6.07, 6.45) is -0.702. The molecule has 1 saturated heterocycles. The smallest absolute Gasteiger partial charge is 0.311 e. The molecule has 1 N–H and O–H groups in total. The molecule has 76 valence electrons. The maximum atomic E-state index is 11.3. The van der Waals surface area contributed by atoms with E-state index in [2.05, 4.69) is 0 Å². The highest BCUT2D eigenvalue weighted by molar-refractivity contribution is 5.73. The molecule has 0 saturated carbocycles. The normalized spacial score (nSPS) is 40.6. The predicted octanol–water partition coefficient (Wildman–Crippen LogP) is 1.20. The minimum atomic E-state index is -0.561. The molecule has 1 rings (SSSR count). The molecule has 0 radical (unpaired) electrons. The van der Waals surface area contributed by atoms with E-state index in [-0.39, 0.29) is 29.8 Å². The predicted molar refractivity (Wildman–Crippen MR) is 49.1 cm³/mol. The zero-order valence-electron chi connectivity index (χ0n) is 8.65. The van der Waals surface area contributed by atoms with Crippen LogP contribution in [-0.2, 0) is 9.53 Å². The van der Waals surface area contributed by atoms with Crippen molar-refractivity contribution in [3.05, 3.63) is 0 Å². The first-order valence-corrected chi connectivity index (χ1v) is 4.83. The lowest BCUT2D eigenvalue weighted by Crippen LogP contribution is -2.48. The van der Waals surface area contributed by atoms with Crippen LogP contribution >= 0.6 is 0 Å². The minimum absolute atomic E-state index is 0.0349. The number of carbonyl (C=O) groups is 1. The number of cyclic esters (lactones) is 1. The molecule has 0 spiro atoms. The third kappa shape index (κ3) is 1.85. The summed E-state index contributed by atoms with van der Waals surface area (Å²) in [6, 6.07) is 0. The van der Waals surface area contributed by atoms with Crippen LogP contribution in [0.15, 0.2) is 0 Å². The van der Waals surface area contributed by atoms with Crippen LogP contribution in [0.2, 0.25) is 0 Å². The Bertz CT molecular complexity index is 200. The molecule has 1 aliphatic rings. The van der Waals surface area contributed by atoms with Crippen molar-refractivity contribution in [2.45, 2.75) is 39.9 Å². The van der Waals surface area contributed by atoms with Gasteiger partial charge in [-0.15, -0.1) is 0 Å². The van der Waals surface area contributed by atoms with E-state index >= 15 is 0 Å². The highest BCUT2D eigenvalue weighted by Crippen LogP contribution is 2.30. The molecule has 1 fully saturated rings. The van der Waals surface area contributed by atoms with Crippen molar-refractivity contribution in [3.8, 4) is 0 Å². The summed E-state index contributed by atoms with van der Waals surface area (Å²) in [4.78, 5) is 11.3. The Balaban J connectivity index is 2.76. The molecule has 0 unspecified atom stereocenters. The molecule has 0 aromatic carbocycles. The van der Waals surface area contributed by atoms with Crippen molar-refractivity contribution < 1.29 is 14.6 Å². The number of esters is 1. The van der Waals surface area contributed by atoms with Gasteiger partial charge in [0.15, 0.2) is 0 Å². The van der Waals surface area contributed by atoms with Gasteiger partial charge in [-0.1, -0.05) is 20.8 Å². The summed E-state index contributed by atoms with van der Waals surface area (Å²) in [5, 5.41) is 9.74. The standard InChI is InChI=1S/C10H18O3/c1-5(2)9-6(3)8(11)7(4)10(12)13-9/h5-9,11H,1-4H3/t6-,7-,8-,9-/m1/s1. The fraction of sp³-hybridized carbons (Fsp3) is 0.900. The van der Waals surface area contributed by atoms with Gasteiger partial charge >= 0.3 is 5.97 Å². The van der Waals surface area contributed by atoms with E-state index in [0.717, 1.165) is 0 Å². The number of rotatable bonds is 1. The quantitative estimate of drug-likeness (QED) is 0.626. The molecule has 0 bridgehead atoms. The lowest BCUT2D eigenvalue weighted by molar-refractivity contribution is -0.181. The molecule has 13 heavy (non-hydrogen) atoms. The zero-order chi connectivity index (χ0) is 10.2. The summed E-state index contributed by atoms with van der Waals surface area (Å²) in [5.74, 6) is -0.358. The van der Waals surface area contributed by atoms with Gasteiger partial charge in [0, 0.05) is 5.92 Å². The molecule has 1 heterocycles. The van der Waals surface area contributed by atoms with Gasteiger partial charge in [-0.2, -0.15) is 0 Å². The topological polar surface area (TPSA) is 46.5 Å². The molecular weight excluding hydrogens is 168 g/mol. The van der Waals surface area contributed by atoms with E-state index in [4.69, 9.17) is 4.74 Å². The first-order chi connectivity index (χ1) is 5.95. The average Bonchev–Trinajstić information content (AvgIpc) is 2.07. The number of hydrogen-bond donors (Lipinski definition) is 1. The van der Waals surface area contributed by atoms with Gasteiger partial charge in [-0.3, -0.25) is 4.79 Å². The van der Waals surface area contributed by atoms with Crippen LogP contribution < -0.4 is 0 Å². The average molecular weight is 186 g/mol. The number of aliphatic hydroxyl groups is 1. The van der Waals surface area contributed by atoms with Crippen molar-refractivity contribution in [3.63, 3.8) is 0 Å². The van der Waals surface area contributed by atoms with Gasteiger partial charge in [0.05, 0.1) is 12.0 Å². The summed E-state index contributed by atoms with van der Waals surface area (Å²) in [7, 11) is 0. The van der Waals surface area contributed by atoms with Gasteiger partial charge in [-0.25, -0.2) is 0 Å². The second-order valence-electron chi connectivity index (χ2n) is 4.28. The molecule has 0 aliphatic carbocycles. The Hall–Kier alpha value is -0.570. The fourth-order valence-electron chi connectivity index (χ4n) is 1.88. The van der Waals surface area contributed by atoms with E-state index in [1.54, 1.807) is 6.92 Å². The Morgan fingerprint density at radius 3 is 2.38 bits per heavy atom. The van der Waals surface area contributed by atoms with E-state index < -0.39 is 6.10 Å². The lowest BCUT2D eigenvalue weighted by atomic mass is 9.82. The second kappa shape index (κ2) is 3.66. The van der Waals surface area contributed by atoms with Crippen LogP contribution in [0.4, 0.5) is 0 Å². The second-order valence-corrected chi connectivity index (χ2v) is 4.28. The van der Waals surface area contributed by atoms with Crippen LogP contribution in [0.3, 0.4) is 0 Å². The minimum Gasteiger partial charge on any atom is -0.461 e. The molecule has 4 atom stereocenters. The zero-order valence-corrected chi connectivity index (χ0v) is 8.65. The highest BCUT2D eigenvalue weighted by Gasteiger charge is 2.41. The maximum absolute atomic E-state index is 11.3. The Labute approximate surface area is 79.1 Å². The van der Waals surface area contributed by atoms with Crippen molar-refractivity contribution in [1.29, 1.82) is 0 Å². The SMILES string of the molecule is CC(C)[C@H]1OC(=O)[C@H](C)[C@H](O)[C@H]1C. The maximum Gasteiger partial charge on any atom is 0.311 e. The number of ether oxygens (including phenoxy) is 1. The van der Waals surface area contributed by atoms with Crippen LogP contribution in [0.25, 0.3) is 0 Å². The Morgan fingerprint density at radius 1 is 1.38 bits per heavy atom. The Kier molecular flexibility index (Phi) is 2.96. The van der Waals surface area contributed by atoms with Crippen LogP contribution in [0.5, 0.6) is 0 Å². The summed E-state index contributed by atoms with van der Waals surface area (Å²) in [5.41, 5.74) is 0. The summed E-state index contributed by atoms with van der Waals surface area (Å²) < 4.78 is 5.24. The van der Waals surface area contributed by atoms with E-state index in [1.807, 2.05) is 20.8 Å². The molecule has 0 aromatic heterocycles.